The molecule has 0 radical (unpaired) electrons. The number of carbonyl (C=O) groups excluding carboxylic acids is 1. The van der Waals surface area contributed by atoms with Gasteiger partial charge in [0.05, 0.1) is 19.9 Å². The van der Waals surface area contributed by atoms with Crippen LogP contribution in [0.3, 0.4) is 0 Å². The first kappa shape index (κ1) is 14.7. The van der Waals surface area contributed by atoms with Crippen molar-refractivity contribution in [1.82, 2.24) is 9.78 Å². The van der Waals surface area contributed by atoms with Crippen molar-refractivity contribution in [2.75, 3.05) is 20.3 Å². The third kappa shape index (κ3) is 3.57. The summed E-state index contributed by atoms with van der Waals surface area (Å²) in [7, 11) is 1.55. The molecule has 0 saturated heterocycles. The lowest BCUT2D eigenvalue weighted by molar-refractivity contribution is 0.0864. The molecule has 1 aromatic rings. The van der Waals surface area contributed by atoms with E-state index in [9.17, 15) is 4.79 Å². The van der Waals surface area contributed by atoms with Gasteiger partial charge in [0.15, 0.2) is 11.5 Å². The molecule has 0 amide bonds. The first-order valence-corrected chi connectivity index (χ1v) is 6.34. The number of nitrogens with zero attached hydrogens (tertiary/aromatic N) is 2. The van der Waals surface area contributed by atoms with Gasteiger partial charge in [-0.05, 0) is 20.3 Å². The van der Waals surface area contributed by atoms with Gasteiger partial charge in [-0.3, -0.25) is 9.48 Å². The van der Waals surface area contributed by atoms with Crippen molar-refractivity contribution in [2.24, 2.45) is 0 Å². The zero-order chi connectivity index (χ0) is 13.5. The minimum atomic E-state index is 0.00848. The lowest BCUT2D eigenvalue weighted by Crippen LogP contribution is -2.15. The van der Waals surface area contributed by atoms with E-state index in [-0.39, 0.29) is 11.8 Å². The van der Waals surface area contributed by atoms with E-state index in [0.717, 1.165) is 6.42 Å². The highest BCUT2D eigenvalue weighted by atomic mass is 16.5. The molecule has 0 aliphatic heterocycles. The molecule has 0 atom stereocenters. The third-order valence-electron chi connectivity index (χ3n) is 2.56. The number of carbonyl (C=O) groups is 1. The topological polar surface area (TPSA) is 53.4 Å². The van der Waals surface area contributed by atoms with Crippen LogP contribution < -0.4 is 4.74 Å². The summed E-state index contributed by atoms with van der Waals surface area (Å²) in [5.74, 6) is 0.540. The quantitative estimate of drug-likeness (QED) is 0.528. The number of methoxy groups -OCH3 is 1. The van der Waals surface area contributed by atoms with Crippen LogP contribution >= 0.6 is 0 Å². The molecule has 0 saturated carbocycles. The SMILES string of the molecule is CCCOCCC(=O)c1c(OC)cnn1C(C)C. The van der Waals surface area contributed by atoms with Gasteiger partial charge in [-0.2, -0.15) is 5.10 Å². The standard InChI is InChI=1S/C13H22N2O3/c1-5-7-18-8-6-11(16)13-12(17-4)9-14-15(13)10(2)3/h9-10H,5-8H2,1-4H3. The Morgan fingerprint density at radius 3 is 2.72 bits per heavy atom. The van der Waals surface area contributed by atoms with E-state index in [1.54, 1.807) is 18.0 Å². The number of ketones is 1. The van der Waals surface area contributed by atoms with Gasteiger partial charge in [-0.15, -0.1) is 0 Å². The van der Waals surface area contributed by atoms with Gasteiger partial charge in [0.2, 0.25) is 0 Å². The fourth-order valence-electron chi connectivity index (χ4n) is 1.68. The summed E-state index contributed by atoms with van der Waals surface area (Å²) in [6.45, 7) is 7.14. The fraction of sp³-hybridized carbons (Fsp3) is 0.692. The van der Waals surface area contributed by atoms with Gasteiger partial charge in [0.1, 0.15) is 5.69 Å². The Morgan fingerprint density at radius 2 is 2.17 bits per heavy atom. The zero-order valence-corrected chi connectivity index (χ0v) is 11.6. The molecule has 0 fully saturated rings. The molecule has 0 aliphatic rings. The second-order valence-corrected chi connectivity index (χ2v) is 4.39. The molecule has 0 aliphatic carbocycles. The smallest absolute Gasteiger partial charge is 0.186 e. The summed E-state index contributed by atoms with van der Waals surface area (Å²) in [5, 5.41) is 4.18. The number of hydrogen-bond donors (Lipinski definition) is 0. The Labute approximate surface area is 108 Å². The van der Waals surface area contributed by atoms with Crippen molar-refractivity contribution in [3.63, 3.8) is 0 Å². The molecule has 0 unspecified atom stereocenters. The number of ether oxygens (including phenoxy) is 2. The minimum Gasteiger partial charge on any atom is -0.493 e. The van der Waals surface area contributed by atoms with E-state index in [4.69, 9.17) is 9.47 Å². The molecule has 0 aromatic carbocycles. The molecule has 1 heterocycles. The number of rotatable bonds is 8. The van der Waals surface area contributed by atoms with Crippen LogP contribution in [0.1, 0.15) is 50.1 Å². The molecule has 18 heavy (non-hydrogen) atoms. The molecule has 1 aromatic heterocycles. The summed E-state index contributed by atoms with van der Waals surface area (Å²) >= 11 is 0. The van der Waals surface area contributed by atoms with E-state index < -0.39 is 0 Å². The van der Waals surface area contributed by atoms with E-state index in [0.29, 0.717) is 31.1 Å². The molecule has 0 spiro atoms. The van der Waals surface area contributed by atoms with Crippen molar-refractivity contribution < 1.29 is 14.3 Å². The second-order valence-electron chi connectivity index (χ2n) is 4.39. The maximum Gasteiger partial charge on any atom is 0.186 e. The van der Waals surface area contributed by atoms with Crippen LogP contribution in [0.25, 0.3) is 0 Å². The lowest BCUT2D eigenvalue weighted by Gasteiger charge is -2.11. The molecule has 5 heteroatoms. The molecule has 0 bridgehead atoms. The van der Waals surface area contributed by atoms with Gasteiger partial charge in [0, 0.05) is 19.1 Å². The average molecular weight is 254 g/mol. The Balaban J connectivity index is 2.73. The Morgan fingerprint density at radius 1 is 1.44 bits per heavy atom. The summed E-state index contributed by atoms with van der Waals surface area (Å²) in [6, 6.07) is 0.129. The van der Waals surface area contributed by atoms with Crippen LogP contribution in [0.5, 0.6) is 5.75 Å². The van der Waals surface area contributed by atoms with E-state index >= 15 is 0 Å². The maximum atomic E-state index is 12.2. The number of hydrogen-bond acceptors (Lipinski definition) is 4. The van der Waals surface area contributed by atoms with Crippen molar-refractivity contribution in [1.29, 1.82) is 0 Å². The summed E-state index contributed by atoms with van der Waals surface area (Å²) < 4.78 is 12.2. The van der Waals surface area contributed by atoms with Crippen LogP contribution in [-0.2, 0) is 4.74 Å². The van der Waals surface area contributed by atoms with Crippen LogP contribution in [0.15, 0.2) is 6.20 Å². The predicted molar refractivity (Wildman–Crippen MR) is 69.2 cm³/mol. The largest absolute Gasteiger partial charge is 0.493 e. The summed E-state index contributed by atoms with van der Waals surface area (Å²) in [4.78, 5) is 12.2. The molecule has 0 N–H and O–H groups in total. The molecular formula is C13H22N2O3. The van der Waals surface area contributed by atoms with Crippen LogP contribution in [0, 0.1) is 0 Å². The predicted octanol–water partition coefficient (Wildman–Crippen LogP) is 2.47. The summed E-state index contributed by atoms with van der Waals surface area (Å²) in [5.41, 5.74) is 0.535. The highest BCUT2D eigenvalue weighted by Crippen LogP contribution is 2.22. The van der Waals surface area contributed by atoms with Gasteiger partial charge >= 0.3 is 0 Å². The van der Waals surface area contributed by atoms with Crippen LogP contribution in [0.2, 0.25) is 0 Å². The third-order valence-corrected chi connectivity index (χ3v) is 2.56. The van der Waals surface area contributed by atoms with Gasteiger partial charge in [-0.25, -0.2) is 0 Å². The lowest BCUT2D eigenvalue weighted by atomic mass is 10.2. The number of Topliss-reactive ketones (excluding diaryl/α,β-unsaturated/α-hetero) is 1. The monoisotopic (exact) mass is 254 g/mol. The molecule has 5 nitrogen and oxygen atoms in total. The van der Waals surface area contributed by atoms with Gasteiger partial charge in [-0.1, -0.05) is 6.92 Å². The van der Waals surface area contributed by atoms with Gasteiger partial charge in [0.25, 0.3) is 0 Å². The molecular weight excluding hydrogens is 232 g/mol. The van der Waals surface area contributed by atoms with Crippen LogP contribution in [-0.4, -0.2) is 35.9 Å². The molecule has 1 rings (SSSR count). The number of aromatic nitrogens is 2. The van der Waals surface area contributed by atoms with E-state index in [1.807, 2.05) is 20.8 Å². The van der Waals surface area contributed by atoms with E-state index in [1.165, 1.54) is 0 Å². The van der Waals surface area contributed by atoms with Gasteiger partial charge < -0.3 is 9.47 Å². The zero-order valence-electron chi connectivity index (χ0n) is 11.6. The molecule has 102 valence electrons. The minimum absolute atomic E-state index is 0.00848. The Bertz CT molecular complexity index is 386. The van der Waals surface area contributed by atoms with Crippen molar-refractivity contribution in [3.8, 4) is 5.75 Å². The fourth-order valence-corrected chi connectivity index (χ4v) is 1.68. The van der Waals surface area contributed by atoms with Crippen molar-refractivity contribution in [2.45, 2.75) is 39.7 Å². The maximum absolute atomic E-state index is 12.2. The van der Waals surface area contributed by atoms with Crippen LogP contribution in [0.4, 0.5) is 0 Å². The second kappa shape index (κ2) is 7.16. The Hall–Kier alpha value is -1.36. The first-order valence-electron chi connectivity index (χ1n) is 6.34. The Kier molecular flexibility index (Phi) is 5.85. The van der Waals surface area contributed by atoms with Crippen molar-refractivity contribution in [3.05, 3.63) is 11.9 Å². The average Bonchev–Trinajstić information content (AvgIpc) is 2.78. The first-order chi connectivity index (χ1) is 8.61. The van der Waals surface area contributed by atoms with E-state index in [2.05, 4.69) is 5.10 Å². The normalized spacial score (nSPS) is 10.9. The summed E-state index contributed by atoms with van der Waals surface area (Å²) in [6.07, 6.45) is 2.90. The highest BCUT2D eigenvalue weighted by Gasteiger charge is 2.20. The highest BCUT2D eigenvalue weighted by molar-refractivity contribution is 5.97. The van der Waals surface area contributed by atoms with Crippen molar-refractivity contribution >= 4 is 5.78 Å².